The molecule has 25 heavy (non-hydrogen) atoms. The highest BCUT2D eigenvalue weighted by molar-refractivity contribution is 5.94. The maximum atomic E-state index is 12.7. The van der Waals surface area contributed by atoms with E-state index < -0.39 is 0 Å². The van der Waals surface area contributed by atoms with Gasteiger partial charge < -0.3 is 20.1 Å². The topological polar surface area (TPSA) is 64.8 Å². The molecule has 2 aromatic rings. The molecule has 0 heterocycles. The minimum Gasteiger partial charge on any atom is -0.491 e. The third-order valence-corrected chi connectivity index (χ3v) is 3.86. The molecule has 0 aliphatic rings. The van der Waals surface area contributed by atoms with Crippen LogP contribution in [0.1, 0.15) is 15.9 Å². The molecule has 0 bridgehead atoms. The molecule has 2 aromatic carbocycles. The van der Waals surface area contributed by atoms with Crippen molar-refractivity contribution in [3.63, 3.8) is 0 Å². The summed E-state index contributed by atoms with van der Waals surface area (Å²) >= 11 is 0. The molecule has 0 unspecified atom stereocenters. The van der Waals surface area contributed by atoms with E-state index in [1.54, 1.807) is 36.3 Å². The fourth-order valence-corrected chi connectivity index (χ4v) is 2.50. The van der Waals surface area contributed by atoms with Gasteiger partial charge in [-0.2, -0.15) is 0 Å². The predicted molar refractivity (Wildman–Crippen MR) is 98.9 cm³/mol. The van der Waals surface area contributed by atoms with Gasteiger partial charge in [-0.05, 0) is 36.2 Å². The van der Waals surface area contributed by atoms with Gasteiger partial charge >= 0.3 is 0 Å². The second kappa shape index (κ2) is 10.5. The molecule has 0 spiro atoms. The summed E-state index contributed by atoms with van der Waals surface area (Å²) < 4.78 is 10.5. The highest BCUT2D eigenvalue weighted by Crippen LogP contribution is 2.14. The zero-order valence-corrected chi connectivity index (χ0v) is 14.7. The lowest BCUT2D eigenvalue weighted by atomic mass is 10.1. The molecule has 0 radical (unpaired) electrons. The maximum absolute atomic E-state index is 12.7. The SMILES string of the molecule is COCCOc1ccc(C(=O)N(CCN)CCc2ccccc2)cc1. The van der Waals surface area contributed by atoms with E-state index in [-0.39, 0.29) is 5.91 Å². The van der Waals surface area contributed by atoms with Crippen LogP contribution in [0.4, 0.5) is 0 Å². The number of nitrogens with two attached hydrogens (primary N) is 1. The highest BCUT2D eigenvalue weighted by Gasteiger charge is 2.15. The van der Waals surface area contributed by atoms with Crippen molar-refractivity contribution in [1.29, 1.82) is 0 Å². The van der Waals surface area contributed by atoms with Crippen molar-refractivity contribution in [2.45, 2.75) is 6.42 Å². The lowest BCUT2D eigenvalue weighted by molar-refractivity contribution is 0.0762. The van der Waals surface area contributed by atoms with Crippen LogP contribution in [0.15, 0.2) is 54.6 Å². The number of carbonyl (C=O) groups excluding carboxylic acids is 1. The van der Waals surface area contributed by atoms with Crippen LogP contribution >= 0.6 is 0 Å². The lowest BCUT2D eigenvalue weighted by Crippen LogP contribution is -2.36. The average Bonchev–Trinajstić information content (AvgIpc) is 2.66. The number of carbonyl (C=O) groups is 1. The molecule has 1 amide bonds. The summed E-state index contributed by atoms with van der Waals surface area (Å²) in [6.07, 6.45) is 0.810. The summed E-state index contributed by atoms with van der Waals surface area (Å²) in [5.41, 5.74) is 7.53. The Morgan fingerprint density at radius 2 is 1.72 bits per heavy atom. The third-order valence-electron chi connectivity index (χ3n) is 3.86. The van der Waals surface area contributed by atoms with Gasteiger partial charge in [0.1, 0.15) is 12.4 Å². The lowest BCUT2D eigenvalue weighted by Gasteiger charge is -2.22. The number of amides is 1. The second-order valence-corrected chi connectivity index (χ2v) is 5.68. The average molecular weight is 342 g/mol. The number of methoxy groups -OCH3 is 1. The Labute approximate surface area is 149 Å². The first-order valence-corrected chi connectivity index (χ1v) is 8.49. The maximum Gasteiger partial charge on any atom is 0.253 e. The van der Waals surface area contributed by atoms with E-state index in [0.717, 1.165) is 12.2 Å². The number of ether oxygens (including phenoxy) is 2. The summed E-state index contributed by atoms with van der Waals surface area (Å²) in [6.45, 7) is 2.65. The molecule has 0 fully saturated rings. The van der Waals surface area contributed by atoms with Crippen molar-refractivity contribution < 1.29 is 14.3 Å². The summed E-state index contributed by atoms with van der Waals surface area (Å²) in [4.78, 5) is 14.5. The van der Waals surface area contributed by atoms with Gasteiger partial charge in [0, 0.05) is 32.3 Å². The molecule has 0 aliphatic carbocycles. The molecule has 5 nitrogen and oxygen atoms in total. The van der Waals surface area contributed by atoms with E-state index in [4.69, 9.17) is 15.2 Å². The number of benzene rings is 2. The van der Waals surface area contributed by atoms with Gasteiger partial charge in [0.25, 0.3) is 5.91 Å². The molecule has 0 saturated heterocycles. The van der Waals surface area contributed by atoms with Crippen LogP contribution in [-0.2, 0) is 11.2 Å². The van der Waals surface area contributed by atoms with Gasteiger partial charge in [-0.25, -0.2) is 0 Å². The van der Waals surface area contributed by atoms with Crippen LogP contribution in [0.25, 0.3) is 0 Å². The highest BCUT2D eigenvalue weighted by atomic mass is 16.5. The number of rotatable bonds is 10. The first-order chi connectivity index (χ1) is 12.2. The van der Waals surface area contributed by atoms with Crippen molar-refractivity contribution >= 4 is 5.91 Å². The van der Waals surface area contributed by atoms with Gasteiger partial charge in [-0.1, -0.05) is 30.3 Å². The van der Waals surface area contributed by atoms with Gasteiger partial charge in [0.05, 0.1) is 6.61 Å². The van der Waals surface area contributed by atoms with Crippen molar-refractivity contribution in [3.05, 3.63) is 65.7 Å². The molecule has 0 atom stereocenters. The van der Waals surface area contributed by atoms with Crippen LogP contribution in [-0.4, -0.2) is 50.8 Å². The molecular formula is C20H26N2O3. The van der Waals surface area contributed by atoms with Crippen molar-refractivity contribution in [1.82, 2.24) is 4.90 Å². The zero-order chi connectivity index (χ0) is 17.9. The number of nitrogens with zero attached hydrogens (tertiary/aromatic N) is 1. The minimum atomic E-state index is -0.00942. The molecule has 0 aromatic heterocycles. The first-order valence-electron chi connectivity index (χ1n) is 8.49. The molecule has 5 heteroatoms. The Hall–Kier alpha value is -2.37. The summed E-state index contributed by atoms with van der Waals surface area (Å²) in [5.74, 6) is 0.716. The fraction of sp³-hybridized carbons (Fsp3) is 0.350. The summed E-state index contributed by atoms with van der Waals surface area (Å²) in [6, 6.07) is 17.3. The predicted octanol–water partition coefficient (Wildman–Crippen LogP) is 2.36. The van der Waals surface area contributed by atoms with E-state index in [1.165, 1.54) is 5.56 Å². The van der Waals surface area contributed by atoms with Gasteiger partial charge in [0.15, 0.2) is 0 Å². The quantitative estimate of drug-likeness (QED) is 0.673. The molecule has 0 aliphatic heterocycles. The van der Waals surface area contributed by atoms with Gasteiger partial charge in [0.2, 0.25) is 0 Å². The van der Waals surface area contributed by atoms with E-state index >= 15 is 0 Å². The Bertz CT molecular complexity index is 629. The van der Waals surface area contributed by atoms with Crippen molar-refractivity contribution in [2.75, 3.05) is 40.0 Å². The van der Waals surface area contributed by atoms with Gasteiger partial charge in [-0.15, -0.1) is 0 Å². The standard InChI is InChI=1S/C20H26N2O3/c1-24-15-16-25-19-9-7-18(8-10-19)20(23)22(14-12-21)13-11-17-5-3-2-4-6-17/h2-10H,11-16,21H2,1H3. The fourth-order valence-electron chi connectivity index (χ4n) is 2.50. The van der Waals surface area contributed by atoms with Crippen LogP contribution in [0.2, 0.25) is 0 Å². The van der Waals surface area contributed by atoms with Gasteiger partial charge in [-0.3, -0.25) is 4.79 Å². The van der Waals surface area contributed by atoms with E-state index in [9.17, 15) is 4.79 Å². The van der Waals surface area contributed by atoms with Crippen molar-refractivity contribution in [2.24, 2.45) is 5.73 Å². The Morgan fingerprint density at radius 1 is 1.00 bits per heavy atom. The summed E-state index contributed by atoms with van der Waals surface area (Å²) in [7, 11) is 1.63. The number of hydrogen-bond acceptors (Lipinski definition) is 4. The zero-order valence-electron chi connectivity index (χ0n) is 14.7. The Morgan fingerprint density at radius 3 is 2.36 bits per heavy atom. The van der Waals surface area contributed by atoms with E-state index in [2.05, 4.69) is 12.1 Å². The molecule has 0 saturated carbocycles. The monoisotopic (exact) mass is 342 g/mol. The van der Waals surface area contributed by atoms with Crippen LogP contribution < -0.4 is 10.5 Å². The van der Waals surface area contributed by atoms with Crippen LogP contribution in [0.3, 0.4) is 0 Å². The van der Waals surface area contributed by atoms with E-state index in [0.29, 0.717) is 38.4 Å². The normalized spacial score (nSPS) is 10.5. The third kappa shape index (κ3) is 6.21. The molecule has 134 valence electrons. The second-order valence-electron chi connectivity index (χ2n) is 5.68. The minimum absolute atomic E-state index is 0.00942. The van der Waals surface area contributed by atoms with Crippen molar-refractivity contribution in [3.8, 4) is 5.75 Å². The number of hydrogen-bond donors (Lipinski definition) is 1. The molecule has 2 N–H and O–H groups in total. The largest absolute Gasteiger partial charge is 0.491 e. The molecule has 2 rings (SSSR count). The molecular weight excluding hydrogens is 316 g/mol. The summed E-state index contributed by atoms with van der Waals surface area (Å²) in [5, 5.41) is 0. The van der Waals surface area contributed by atoms with E-state index in [1.807, 2.05) is 18.2 Å². The first kappa shape index (κ1) is 19.0. The smallest absolute Gasteiger partial charge is 0.253 e. The van der Waals surface area contributed by atoms with Crippen LogP contribution in [0.5, 0.6) is 5.75 Å². The van der Waals surface area contributed by atoms with Crippen LogP contribution in [0, 0.1) is 0 Å². The Balaban J connectivity index is 1.96. The Kier molecular flexibility index (Phi) is 7.95.